The van der Waals surface area contributed by atoms with Crippen LogP contribution in [0.25, 0.3) is 0 Å². The molecule has 2 aromatic rings. The number of rotatable bonds is 7. The molecule has 1 aromatic carbocycles. The van der Waals surface area contributed by atoms with Gasteiger partial charge in [-0.15, -0.1) is 0 Å². The Labute approximate surface area is 140 Å². The van der Waals surface area contributed by atoms with Crippen molar-refractivity contribution in [2.75, 3.05) is 19.0 Å². The number of nitrogens with one attached hydrogen (secondary N) is 1. The normalized spacial score (nSPS) is 10.0. The van der Waals surface area contributed by atoms with Gasteiger partial charge in [-0.3, -0.25) is 25.0 Å². The second-order valence-electron chi connectivity index (χ2n) is 4.49. The van der Waals surface area contributed by atoms with Crippen molar-refractivity contribution in [1.29, 1.82) is 0 Å². The summed E-state index contributed by atoms with van der Waals surface area (Å²) in [7, 11) is 1.54. The molecule has 1 aromatic heterocycles. The van der Waals surface area contributed by atoms with Crippen LogP contribution in [0.2, 0.25) is 0 Å². The fourth-order valence-corrected chi connectivity index (χ4v) is 2.32. The molecule has 126 valence electrons. The first-order valence-electron chi connectivity index (χ1n) is 6.66. The number of hydrogen-bond acceptors (Lipinski definition) is 8. The van der Waals surface area contributed by atoms with Crippen molar-refractivity contribution in [2.24, 2.45) is 0 Å². The molecule has 0 aliphatic carbocycles. The van der Waals surface area contributed by atoms with E-state index in [2.05, 4.69) is 10.3 Å². The highest BCUT2D eigenvalue weighted by Crippen LogP contribution is 2.24. The van der Waals surface area contributed by atoms with Gasteiger partial charge in [0.1, 0.15) is 11.9 Å². The topological polar surface area (TPSA) is 121 Å². The van der Waals surface area contributed by atoms with Crippen LogP contribution in [0.5, 0.6) is 5.75 Å². The van der Waals surface area contributed by atoms with E-state index in [4.69, 9.17) is 9.47 Å². The summed E-state index contributed by atoms with van der Waals surface area (Å²) in [5.74, 6) is -0.521. The molecule has 24 heavy (non-hydrogen) atoms. The van der Waals surface area contributed by atoms with Gasteiger partial charge in [0.25, 0.3) is 5.91 Å². The molecule has 0 aliphatic heterocycles. The van der Waals surface area contributed by atoms with E-state index >= 15 is 0 Å². The highest BCUT2D eigenvalue weighted by Gasteiger charge is 2.14. The molecule has 0 bridgehead atoms. The Bertz CT molecular complexity index is 743. The lowest BCUT2D eigenvalue weighted by molar-refractivity contribution is -0.380. The first-order chi connectivity index (χ1) is 11.5. The smallest absolute Gasteiger partial charge is 0.345 e. The van der Waals surface area contributed by atoms with Crippen LogP contribution >= 0.6 is 11.3 Å². The lowest BCUT2D eigenvalue weighted by Crippen LogP contribution is -2.21. The molecule has 0 aliphatic rings. The third-order valence-electron chi connectivity index (χ3n) is 2.79. The minimum Gasteiger partial charge on any atom is -0.497 e. The van der Waals surface area contributed by atoms with Crippen LogP contribution in [0.1, 0.15) is 5.56 Å². The van der Waals surface area contributed by atoms with Crippen LogP contribution in [0, 0.1) is 10.1 Å². The van der Waals surface area contributed by atoms with Gasteiger partial charge in [-0.05, 0) is 29.0 Å². The summed E-state index contributed by atoms with van der Waals surface area (Å²) >= 11 is 0.715. The van der Waals surface area contributed by atoms with E-state index in [-0.39, 0.29) is 16.6 Å². The van der Waals surface area contributed by atoms with Crippen molar-refractivity contribution < 1.29 is 24.0 Å². The molecule has 1 amide bonds. The molecule has 0 radical (unpaired) electrons. The number of carbonyl (C=O) groups excluding carboxylic acids is 2. The molecule has 0 atom stereocenters. The molecule has 1 heterocycles. The van der Waals surface area contributed by atoms with Gasteiger partial charge in [0.05, 0.1) is 18.5 Å². The SMILES string of the molecule is COc1ccc(CC(=O)OCC(=O)Nc2ncc([N+](=O)[O-])s2)cc1. The second kappa shape index (κ2) is 8.02. The third-order valence-corrected chi connectivity index (χ3v) is 3.66. The van der Waals surface area contributed by atoms with E-state index in [1.54, 1.807) is 31.4 Å². The van der Waals surface area contributed by atoms with Gasteiger partial charge in [0, 0.05) is 0 Å². The Morgan fingerprint density at radius 3 is 2.62 bits per heavy atom. The van der Waals surface area contributed by atoms with Gasteiger partial charge in [-0.25, -0.2) is 4.98 Å². The molecule has 10 heteroatoms. The Balaban J connectivity index is 1.77. The lowest BCUT2D eigenvalue weighted by Gasteiger charge is -2.05. The van der Waals surface area contributed by atoms with Crippen LogP contribution in [0.15, 0.2) is 30.5 Å². The minimum absolute atomic E-state index is 0.0139. The van der Waals surface area contributed by atoms with Crippen molar-refractivity contribution in [2.45, 2.75) is 6.42 Å². The molecule has 0 saturated carbocycles. The maximum Gasteiger partial charge on any atom is 0.345 e. The molecule has 0 spiro atoms. The number of thiazole rings is 1. The lowest BCUT2D eigenvalue weighted by atomic mass is 10.1. The Morgan fingerprint density at radius 1 is 1.33 bits per heavy atom. The molecular formula is C14H13N3O6S. The Kier molecular flexibility index (Phi) is 5.79. The van der Waals surface area contributed by atoms with Crippen LogP contribution in [0.4, 0.5) is 10.1 Å². The van der Waals surface area contributed by atoms with Gasteiger partial charge >= 0.3 is 11.0 Å². The van der Waals surface area contributed by atoms with Crippen molar-refractivity contribution >= 4 is 33.3 Å². The number of methoxy groups -OCH3 is 1. The zero-order chi connectivity index (χ0) is 17.5. The maximum absolute atomic E-state index is 11.7. The van der Waals surface area contributed by atoms with E-state index < -0.39 is 23.4 Å². The number of aromatic nitrogens is 1. The average molecular weight is 351 g/mol. The summed E-state index contributed by atoms with van der Waals surface area (Å²) in [6.07, 6.45) is 1.05. The van der Waals surface area contributed by atoms with E-state index in [1.807, 2.05) is 0 Å². The Hall–Kier alpha value is -3.01. The molecule has 0 unspecified atom stereocenters. The molecule has 0 fully saturated rings. The zero-order valence-electron chi connectivity index (χ0n) is 12.6. The number of nitrogens with zero attached hydrogens (tertiary/aromatic N) is 2. The van der Waals surface area contributed by atoms with E-state index in [0.29, 0.717) is 17.1 Å². The number of nitro groups is 1. The first kappa shape index (κ1) is 17.3. The first-order valence-corrected chi connectivity index (χ1v) is 7.48. The molecule has 2 rings (SSSR count). The molecular weight excluding hydrogens is 338 g/mol. The molecule has 1 N–H and O–H groups in total. The highest BCUT2D eigenvalue weighted by molar-refractivity contribution is 7.18. The number of benzene rings is 1. The summed E-state index contributed by atoms with van der Waals surface area (Å²) in [5.41, 5.74) is 0.719. The summed E-state index contributed by atoms with van der Waals surface area (Å²) in [5, 5.41) is 12.7. The van der Waals surface area contributed by atoms with Crippen LogP contribution in [0.3, 0.4) is 0 Å². The molecule has 9 nitrogen and oxygen atoms in total. The molecule has 0 saturated heterocycles. The van der Waals surface area contributed by atoms with E-state index in [1.165, 1.54) is 0 Å². The van der Waals surface area contributed by atoms with Crippen molar-refractivity contribution in [3.63, 3.8) is 0 Å². The zero-order valence-corrected chi connectivity index (χ0v) is 13.4. The van der Waals surface area contributed by atoms with Gasteiger partial charge in [-0.2, -0.15) is 0 Å². The summed E-state index contributed by atoms with van der Waals surface area (Å²) < 4.78 is 9.86. The van der Waals surface area contributed by atoms with Gasteiger partial charge in [0.15, 0.2) is 11.7 Å². The summed E-state index contributed by atoms with van der Waals surface area (Å²) in [6, 6.07) is 6.86. The fourth-order valence-electron chi connectivity index (χ4n) is 1.67. The highest BCUT2D eigenvalue weighted by atomic mass is 32.1. The van der Waals surface area contributed by atoms with Crippen LogP contribution < -0.4 is 10.1 Å². The monoisotopic (exact) mass is 351 g/mol. The standard InChI is InChI=1S/C14H13N3O6S/c1-22-10-4-2-9(3-5-10)6-13(19)23-8-11(18)16-14-15-7-12(24-14)17(20)21/h2-5,7H,6,8H2,1H3,(H,15,16,18). The Morgan fingerprint density at radius 2 is 2.04 bits per heavy atom. The van der Waals surface area contributed by atoms with Crippen LogP contribution in [-0.2, 0) is 20.7 Å². The number of hydrogen-bond donors (Lipinski definition) is 1. The summed E-state index contributed by atoms with van der Waals surface area (Å²) in [6.45, 7) is -0.498. The van der Waals surface area contributed by atoms with Gasteiger partial charge < -0.3 is 9.47 Å². The third kappa shape index (κ3) is 5.02. The number of ether oxygens (including phenoxy) is 2. The second-order valence-corrected chi connectivity index (χ2v) is 5.50. The van der Waals surface area contributed by atoms with E-state index in [0.717, 1.165) is 11.8 Å². The van der Waals surface area contributed by atoms with Crippen molar-refractivity contribution in [3.8, 4) is 5.75 Å². The van der Waals surface area contributed by atoms with Crippen LogP contribution in [-0.4, -0.2) is 35.5 Å². The average Bonchev–Trinajstić information content (AvgIpc) is 3.02. The van der Waals surface area contributed by atoms with Crippen molar-refractivity contribution in [1.82, 2.24) is 4.98 Å². The summed E-state index contributed by atoms with van der Waals surface area (Å²) in [4.78, 5) is 36.9. The largest absolute Gasteiger partial charge is 0.497 e. The quantitative estimate of drug-likeness (QED) is 0.458. The number of esters is 1. The number of amides is 1. The maximum atomic E-state index is 11.7. The van der Waals surface area contributed by atoms with Gasteiger partial charge in [-0.1, -0.05) is 12.1 Å². The van der Waals surface area contributed by atoms with Crippen molar-refractivity contribution in [3.05, 3.63) is 46.1 Å². The van der Waals surface area contributed by atoms with E-state index in [9.17, 15) is 19.7 Å². The predicted molar refractivity (Wildman–Crippen MR) is 85.1 cm³/mol. The number of carbonyl (C=O) groups is 2. The minimum atomic E-state index is -0.623. The van der Waals surface area contributed by atoms with Gasteiger partial charge in [0.2, 0.25) is 0 Å². The fraction of sp³-hybridized carbons (Fsp3) is 0.214. The number of anilines is 1. The predicted octanol–water partition coefficient (Wildman–Crippen LogP) is 1.78.